The van der Waals surface area contributed by atoms with Gasteiger partial charge in [0.2, 0.25) is 5.91 Å². The Bertz CT molecular complexity index is 650. The van der Waals surface area contributed by atoms with E-state index in [9.17, 15) is 4.79 Å². The molecule has 1 aliphatic rings. The van der Waals surface area contributed by atoms with E-state index in [2.05, 4.69) is 20.3 Å². The molecule has 10 heteroatoms. The third-order valence-electron chi connectivity index (χ3n) is 4.09. The van der Waals surface area contributed by atoms with E-state index in [1.807, 2.05) is 36.8 Å². The van der Waals surface area contributed by atoms with Gasteiger partial charge in [0, 0.05) is 56.6 Å². The summed E-state index contributed by atoms with van der Waals surface area (Å²) < 4.78 is 1.72. The predicted molar refractivity (Wildman–Crippen MR) is 105 cm³/mol. The van der Waals surface area contributed by atoms with Crippen molar-refractivity contribution in [3.05, 3.63) is 29.5 Å². The molecule has 0 bridgehead atoms. The second-order valence-corrected chi connectivity index (χ2v) is 6.52. The van der Waals surface area contributed by atoms with Crippen molar-refractivity contribution in [2.45, 2.75) is 12.5 Å². The van der Waals surface area contributed by atoms with Crippen LogP contribution in [0.3, 0.4) is 0 Å². The molecule has 1 unspecified atom stereocenters. The zero-order valence-corrected chi connectivity index (χ0v) is 16.7. The summed E-state index contributed by atoms with van der Waals surface area (Å²) in [5, 5.41) is 10.3. The number of likely N-dealkylation sites (N-methyl/N-ethyl adjacent to an activating group) is 1. The Morgan fingerprint density at radius 2 is 2.08 bits per heavy atom. The van der Waals surface area contributed by atoms with Crippen molar-refractivity contribution in [3.63, 3.8) is 0 Å². The molecule has 1 aliphatic heterocycles. The second kappa shape index (κ2) is 9.96. The summed E-state index contributed by atoms with van der Waals surface area (Å²) in [5.41, 5.74) is 0.904. The number of thiazole rings is 1. The molecule has 1 saturated heterocycles. The van der Waals surface area contributed by atoms with Crippen LogP contribution in [0.5, 0.6) is 0 Å². The van der Waals surface area contributed by atoms with Crippen molar-refractivity contribution in [1.82, 2.24) is 25.0 Å². The Labute approximate surface area is 164 Å². The van der Waals surface area contributed by atoms with Crippen molar-refractivity contribution < 1.29 is 4.79 Å². The Hall–Kier alpha value is -1.35. The van der Waals surface area contributed by atoms with Crippen LogP contribution in [0.2, 0.25) is 0 Å². The normalized spacial score (nSPS) is 15.8. The van der Waals surface area contributed by atoms with E-state index in [4.69, 9.17) is 0 Å². The highest BCUT2D eigenvalue weighted by Crippen LogP contribution is 2.21. The first kappa shape index (κ1) is 21.7. The fourth-order valence-corrected chi connectivity index (χ4v) is 3.60. The van der Waals surface area contributed by atoms with Gasteiger partial charge in [-0.1, -0.05) is 0 Å². The molecule has 0 spiro atoms. The molecule has 0 aromatic carbocycles. The van der Waals surface area contributed by atoms with Gasteiger partial charge in [0.25, 0.3) is 0 Å². The fraction of sp³-hybridized carbons (Fsp3) is 0.533. The molecular formula is C15H24Cl2N6OS. The summed E-state index contributed by atoms with van der Waals surface area (Å²) in [6.45, 7) is 3.26. The van der Waals surface area contributed by atoms with Crippen molar-refractivity contribution in [2.75, 3.05) is 38.1 Å². The summed E-state index contributed by atoms with van der Waals surface area (Å²) in [4.78, 5) is 21.5. The van der Waals surface area contributed by atoms with Gasteiger partial charge in [-0.3, -0.25) is 9.48 Å². The first-order valence-electron chi connectivity index (χ1n) is 7.78. The molecule has 1 amide bonds. The highest BCUT2D eigenvalue weighted by Gasteiger charge is 2.27. The van der Waals surface area contributed by atoms with E-state index < -0.39 is 0 Å². The number of nitrogens with one attached hydrogen (secondary N) is 1. The van der Waals surface area contributed by atoms with Crippen LogP contribution in [0.1, 0.15) is 18.0 Å². The molecule has 0 radical (unpaired) electrons. The van der Waals surface area contributed by atoms with Gasteiger partial charge in [0.15, 0.2) is 5.13 Å². The lowest BCUT2D eigenvalue weighted by molar-refractivity contribution is -0.133. The van der Waals surface area contributed by atoms with Crippen LogP contribution in [-0.2, 0) is 11.8 Å². The van der Waals surface area contributed by atoms with Gasteiger partial charge in [-0.15, -0.1) is 36.2 Å². The van der Waals surface area contributed by atoms with Crippen LogP contribution in [0, 0.1) is 0 Å². The summed E-state index contributed by atoms with van der Waals surface area (Å²) in [7, 11) is 3.67. The maximum atomic E-state index is 12.9. The first-order chi connectivity index (χ1) is 11.2. The number of anilines is 1. The molecule has 0 saturated carbocycles. The second-order valence-electron chi connectivity index (χ2n) is 5.65. The minimum Gasteiger partial charge on any atom is -0.346 e. The molecule has 0 aliphatic carbocycles. The van der Waals surface area contributed by atoms with E-state index in [-0.39, 0.29) is 36.8 Å². The predicted octanol–water partition coefficient (Wildman–Crippen LogP) is 1.72. The van der Waals surface area contributed by atoms with E-state index in [0.29, 0.717) is 0 Å². The largest absolute Gasteiger partial charge is 0.346 e. The Balaban J connectivity index is 0.00000156. The van der Waals surface area contributed by atoms with Crippen molar-refractivity contribution in [3.8, 4) is 0 Å². The molecule has 1 atom stereocenters. The summed E-state index contributed by atoms with van der Waals surface area (Å²) >= 11 is 1.65. The number of nitrogens with zero attached hydrogens (tertiary/aromatic N) is 5. The average Bonchev–Trinajstić information content (AvgIpc) is 3.15. The molecule has 7 nitrogen and oxygen atoms in total. The van der Waals surface area contributed by atoms with Gasteiger partial charge in [-0.2, -0.15) is 5.10 Å². The van der Waals surface area contributed by atoms with Crippen LogP contribution in [0.15, 0.2) is 24.0 Å². The van der Waals surface area contributed by atoms with E-state index in [1.54, 1.807) is 22.2 Å². The molecule has 1 fully saturated rings. The number of halogens is 2. The minimum absolute atomic E-state index is 0. The van der Waals surface area contributed by atoms with Gasteiger partial charge in [0.1, 0.15) is 6.04 Å². The summed E-state index contributed by atoms with van der Waals surface area (Å²) in [6, 6.07) is -0.338. The van der Waals surface area contributed by atoms with Crippen molar-refractivity contribution >= 4 is 47.2 Å². The van der Waals surface area contributed by atoms with E-state index in [1.165, 1.54) is 0 Å². The maximum absolute atomic E-state index is 12.9. The van der Waals surface area contributed by atoms with Gasteiger partial charge >= 0.3 is 0 Å². The number of aryl methyl sites for hydroxylation is 1. The van der Waals surface area contributed by atoms with E-state index >= 15 is 0 Å². The molecule has 3 rings (SSSR count). The zero-order valence-electron chi connectivity index (χ0n) is 14.3. The standard InChI is InChI=1S/C15H22N6OS.2ClH/c1-16-13(12-10-18-19(2)11-12)14(22)20-5-3-6-21(8-7-20)15-17-4-9-23-15;;/h4,9-11,13,16H,3,5-8H2,1-2H3;2*1H. The number of hydrogen-bond donors (Lipinski definition) is 1. The average molecular weight is 407 g/mol. The lowest BCUT2D eigenvalue weighted by atomic mass is 10.1. The third-order valence-corrected chi connectivity index (χ3v) is 4.92. The van der Waals surface area contributed by atoms with Gasteiger partial charge in [0.05, 0.1) is 6.20 Å². The summed E-state index contributed by atoms with van der Waals surface area (Å²) in [6.07, 6.45) is 6.42. The monoisotopic (exact) mass is 406 g/mol. The number of carbonyl (C=O) groups is 1. The van der Waals surface area contributed by atoms with Crippen LogP contribution >= 0.6 is 36.2 Å². The lowest BCUT2D eigenvalue weighted by Gasteiger charge is -2.25. The van der Waals surface area contributed by atoms with Gasteiger partial charge < -0.3 is 15.1 Å². The number of amides is 1. The van der Waals surface area contributed by atoms with Crippen LogP contribution in [0.4, 0.5) is 5.13 Å². The Kier molecular flexibility index (Phi) is 8.64. The first-order valence-corrected chi connectivity index (χ1v) is 8.66. The number of carbonyl (C=O) groups excluding carboxylic acids is 1. The number of hydrogen-bond acceptors (Lipinski definition) is 6. The van der Waals surface area contributed by atoms with Crippen LogP contribution in [-0.4, -0.2) is 58.8 Å². The molecule has 25 heavy (non-hydrogen) atoms. The highest BCUT2D eigenvalue weighted by atomic mass is 35.5. The zero-order chi connectivity index (χ0) is 16.2. The lowest BCUT2D eigenvalue weighted by Crippen LogP contribution is -2.41. The molecular weight excluding hydrogens is 383 g/mol. The van der Waals surface area contributed by atoms with Crippen molar-refractivity contribution in [2.24, 2.45) is 7.05 Å². The highest BCUT2D eigenvalue weighted by molar-refractivity contribution is 7.13. The molecule has 2 aromatic rings. The molecule has 2 aromatic heterocycles. The molecule has 1 N–H and O–H groups in total. The maximum Gasteiger partial charge on any atom is 0.244 e. The van der Waals surface area contributed by atoms with Gasteiger partial charge in [-0.05, 0) is 13.5 Å². The number of aromatic nitrogens is 3. The van der Waals surface area contributed by atoms with Crippen molar-refractivity contribution in [1.29, 1.82) is 0 Å². The minimum atomic E-state index is -0.338. The summed E-state index contributed by atoms with van der Waals surface area (Å²) in [5.74, 6) is 0.112. The third kappa shape index (κ3) is 5.07. The topological polar surface area (TPSA) is 66.3 Å². The Morgan fingerprint density at radius 1 is 1.28 bits per heavy atom. The smallest absolute Gasteiger partial charge is 0.244 e. The fourth-order valence-electron chi connectivity index (χ4n) is 2.91. The number of rotatable bonds is 4. The SMILES string of the molecule is CNC(C(=O)N1CCCN(c2nccs2)CC1)c1cnn(C)c1.Cl.Cl. The molecule has 140 valence electrons. The van der Waals surface area contributed by atoms with E-state index in [0.717, 1.165) is 43.3 Å². The van der Waals surface area contributed by atoms with Crippen LogP contribution in [0.25, 0.3) is 0 Å². The Morgan fingerprint density at radius 3 is 2.68 bits per heavy atom. The quantitative estimate of drug-likeness (QED) is 0.836. The molecule has 3 heterocycles. The van der Waals surface area contributed by atoms with Crippen LogP contribution < -0.4 is 10.2 Å². The van der Waals surface area contributed by atoms with Gasteiger partial charge in [-0.25, -0.2) is 4.98 Å².